The lowest BCUT2D eigenvalue weighted by atomic mass is 9.60. The molecule has 2 aliphatic carbocycles. The van der Waals surface area contributed by atoms with Gasteiger partial charge in [-0.05, 0) is 245 Å². The van der Waals surface area contributed by atoms with Crippen molar-refractivity contribution in [2.75, 3.05) is 14.7 Å². The second-order valence-electron chi connectivity index (χ2n) is 31.1. The first-order valence-electron chi connectivity index (χ1n) is 35.5. The molecule has 5 aliphatic rings. The van der Waals surface area contributed by atoms with E-state index in [1.807, 2.05) is 0 Å². The van der Waals surface area contributed by atoms with Gasteiger partial charge in [0.15, 0.2) is 0 Å². The van der Waals surface area contributed by atoms with Crippen molar-refractivity contribution in [2.24, 2.45) is 0 Å². The predicted octanol–water partition coefficient (Wildman–Crippen LogP) is 26.1. The van der Waals surface area contributed by atoms with Gasteiger partial charge < -0.3 is 14.7 Å². The van der Waals surface area contributed by atoms with E-state index in [0.29, 0.717) is 0 Å². The summed E-state index contributed by atoms with van der Waals surface area (Å²) in [6, 6.07) is 94.8. The van der Waals surface area contributed by atoms with Gasteiger partial charge in [0.1, 0.15) is 0 Å². The predicted molar refractivity (Wildman–Crippen MR) is 420 cm³/mol. The molecule has 0 atom stereocenters. The summed E-state index contributed by atoms with van der Waals surface area (Å²) >= 11 is 0. The summed E-state index contributed by atoms with van der Waals surface area (Å²) in [4.78, 5) is 7.54. The molecule has 0 unspecified atom stereocenters. The Morgan fingerprint density at radius 2 is 0.657 bits per heavy atom. The number of para-hydroxylation sites is 3. The number of benzene rings is 12. The van der Waals surface area contributed by atoms with Gasteiger partial charge in [-0.2, -0.15) is 0 Å². The van der Waals surface area contributed by atoms with Crippen molar-refractivity contribution in [1.29, 1.82) is 0 Å². The molecule has 0 spiro atoms. The highest BCUT2D eigenvalue weighted by Crippen LogP contribution is 2.67. The first kappa shape index (κ1) is 61.8. The molecule has 0 amide bonds. The molecule has 0 saturated carbocycles. The Morgan fingerprint density at radius 3 is 1.13 bits per heavy atom. The van der Waals surface area contributed by atoms with E-state index in [1.54, 1.807) is 0 Å². The van der Waals surface area contributed by atoms with Crippen LogP contribution in [0, 0.1) is 13.8 Å². The van der Waals surface area contributed by atoms with E-state index >= 15 is 0 Å². The van der Waals surface area contributed by atoms with Crippen molar-refractivity contribution in [1.82, 2.24) is 0 Å². The van der Waals surface area contributed by atoms with Gasteiger partial charge >= 0.3 is 0 Å². The van der Waals surface area contributed by atoms with Crippen molar-refractivity contribution in [3.63, 3.8) is 0 Å². The van der Waals surface area contributed by atoms with E-state index in [1.165, 1.54) is 139 Å². The molecule has 3 heterocycles. The van der Waals surface area contributed by atoms with Crippen LogP contribution in [0.1, 0.15) is 136 Å². The van der Waals surface area contributed by atoms with Gasteiger partial charge in [-0.3, -0.25) is 0 Å². The molecule has 12 aromatic carbocycles. The summed E-state index contributed by atoms with van der Waals surface area (Å²) in [6.07, 6.45) is 9.56. The number of hydrogen-bond acceptors (Lipinski definition) is 3. The molecule has 0 bridgehead atoms. The van der Waals surface area contributed by atoms with Crippen LogP contribution in [0.25, 0.3) is 55.6 Å². The molecule has 3 nitrogen and oxygen atoms in total. The molecule has 0 N–H and O–H groups in total. The van der Waals surface area contributed by atoms with E-state index in [9.17, 15) is 0 Å². The summed E-state index contributed by atoms with van der Waals surface area (Å²) in [5.41, 5.74) is 39.2. The summed E-state index contributed by atoms with van der Waals surface area (Å²) in [6.45, 7) is 33.1. The molecule has 484 valence electrons. The number of rotatable bonds is 10. The van der Waals surface area contributed by atoms with E-state index in [0.717, 1.165) is 46.1 Å². The third kappa shape index (κ3) is 9.51. The van der Waals surface area contributed by atoms with Crippen LogP contribution >= 0.6 is 0 Å². The summed E-state index contributed by atoms with van der Waals surface area (Å²) in [5.74, 6) is 0. The van der Waals surface area contributed by atoms with Crippen molar-refractivity contribution < 1.29 is 0 Å². The van der Waals surface area contributed by atoms with Crippen LogP contribution in [0.5, 0.6) is 0 Å². The third-order valence-electron chi connectivity index (χ3n) is 23.6. The molecular weight excluding hydrogens is 1200 g/mol. The SMILES string of the molecule is C=C1/C=C\C=C/Cc2ccc(-c3ccc(N(c4ccc(-c5cc6c7c(c5)C(C)(C)c5cc(-c8ccc(N(c9ccc(-c%10ccc%11c(c%10)C(C)(C)c%10ccccc%10-%11)cc9)c9ccccc9C)cc8)cc8c5N7c5c(cccc5C8(C)C)C6(C)C)cc4)c4ccccc4C)cc3)cc2C1(C)C. The van der Waals surface area contributed by atoms with E-state index in [-0.39, 0.29) is 27.1 Å². The number of aryl methyl sites for hydroxylation is 2. The number of fused-ring (bicyclic) bond motifs is 4. The minimum absolute atomic E-state index is 0.0620. The molecule has 99 heavy (non-hydrogen) atoms. The molecule has 12 aromatic rings. The monoisotopic (exact) mass is 1280 g/mol. The van der Waals surface area contributed by atoms with Crippen LogP contribution < -0.4 is 14.7 Å². The van der Waals surface area contributed by atoms with Gasteiger partial charge in [-0.25, -0.2) is 0 Å². The molecule has 17 rings (SSSR count). The maximum atomic E-state index is 4.51. The Hall–Kier alpha value is -10.7. The van der Waals surface area contributed by atoms with Crippen LogP contribution in [0.2, 0.25) is 0 Å². The largest absolute Gasteiger partial charge is 0.310 e. The smallest absolute Gasteiger partial charge is 0.0544 e. The van der Waals surface area contributed by atoms with Crippen LogP contribution in [0.4, 0.5) is 51.2 Å². The zero-order valence-electron chi connectivity index (χ0n) is 59.2. The maximum absolute atomic E-state index is 4.51. The Bertz CT molecular complexity index is 5390. The fourth-order valence-corrected chi connectivity index (χ4v) is 17.5. The highest BCUT2D eigenvalue weighted by Gasteiger charge is 2.52. The van der Waals surface area contributed by atoms with Crippen molar-refractivity contribution >= 4 is 51.2 Å². The number of hydrogen-bond donors (Lipinski definition) is 0. The zero-order valence-corrected chi connectivity index (χ0v) is 59.2. The number of anilines is 9. The van der Waals surface area contributed by atoms with Gasteiger partial charge in [0.2, 0.25) is 0 Å². The lowest BCUT2D eigenvalue weighted by Crippen LogP contribution is -2.43. The molecule has 3 aliphatic heterocycles. The number of nitrogens with zero attached hydrogens (tertiary/aromatic N) is 3. The first-order valence-corrected chi connectivity index (χ1v) is 35.5. The normalized spacial score (nSPS) is 16.8. The Labute approximate surface area is 586 Å². The Kier molecular flexibility index (Phi) is 14.0. The third-order valence-corrected chi connectivity index (χ3v) is 23.6. The minimum atomic E-state index is -0.369. The fourth-order valence-electron chi connectivity index (χ4n) is 17.5. The minimum Gasteiger partial charge on any atom is -0.310 e. The van der Waals surface area contributed by atoms with Crippen molar-refractivity contribution in [3.05, 3.63) is 352 Å². The lowest BCUT2D eigenvalue weighted by Gasteiger charge is -2.55. The highest BCUT2D eigenvalue weighted by molar-refractivity contribution is 6.01. The zero-order chi connectivity index (χ0) is 68.2. The Morgan fingerprint density at radius 1 is 0.303 bits per heavy atom. The Balaban J connectivity index is 0.727. The topological polar surface area (TPSA) is 9.72 Å². The van der Waals surface area contributed by atoms with Crippen LogP contribution in [-0.2, 0) is 33.5 Å². The van der Waals surface area contributed by atoms with Gasteiger partial charge in [0.05, 0.1) is 17.1 Å². The summed E-state index contributed by atoms with van der Waals surface area (Å²) in [7, 11) is 0. The highest BCUT2D eigenvalue weighted by atomic mass is 15.2. The van der Waals surface area contributed by atoms with Gasteiger partial charge in [-0.15, -0.1) is 0 Å². The molecule has 3 heteroatoms. The van der Waals surface area contributed by atoms with Crippen molar-refractivity contribution in [2.45, 2.75) is 117 Å². The van der Waals surface area contributed by atoms with Crippen LogP contribution in [0.3, 0.4) is 0 Å². The van der Waals surface area contributed by atoms with E-state index in [2.05, 4.69) is 377 Å². The molecule has 0 radical (unpaired) electrons. The van der Waals surface area contributed by atoms with E-state index in [4.69, 9.17) is 0 Å². The standard InChI is InChI=1S/C96H85N3/c1-60-24-17-21-32-87(60)97(72-45-36-63(37-46-72)68-35-34-67-27-16-14-15-26-62(3)92(4,5)81(67)54-68)74-49-40-65(41-50-74)70-56-83-90-85(58-70)96(12,13)86-59-71(57-84-91(86)99(90)89-79(94(83,8)9)30-23-31-80(89)95(84,10)11)66-42-51-75(52-43-66)98(88-33-22-18-25-61(88)2)73-47-38-64(39-48-73)69-44-53-77-76-28-19-20-29-78(76)93(6,7)82(77)55-69/h14-26,28-59H,3,27H2,1-2,4-13H3/b16-14-,26-15-. The summed E-state index contributed by atoms with van der Waals surface area (Å²) < 4.78 is 0. The van der Waals surface area contributed by atoms with Gasteiger partial charge in [0, 0.05) is 61.2 Å². The second kappa shape index (κ2) is 22.4. The quantitative estimate of drug-likeness (QED) is 0.135. The molecule has 0 saturated heterocycles. The first-order chi connectivity index (χ1) is 47.6. The second-order valence-corrected chi connectivity index (χ2v) is 31.1. The van der Waals surface area contributed by atoms with Crippen LogP contribution in [0.15, 0.2) is 285 Å². The van der Waals surface area contributed by atoms with Gasteiger partial charge in [0.25, 0.3) is 0 Å². The molecular formula is C96H85N3. The molecule has 0 fully saturated rings. The van der Waals surface area contributed by atoms with Gasteiger partial charge in [-0.1, -0.05) is 252 Å². The van der Waals surface area contributed by atoms with Crippen molar-refractivity contribution in [3.8, 4) is 55.6 Å². The average molecular weight is 1280 g/mol. The van der Waals surface area contributed by atoms with Crippen LogP contribution in [-0.4, -0.2) is 0 Å². The lowest BCUT2D eigenvalue weighted by molar-refractivity contribution is 0.567. The fraction of sp³-hybridized carbons (Fsp3) is 0.188. The number of allylic oxidation sites excluding steroid dienone is 5. The van der Waals surface area contributed by atoms with E-state index < -0.39 is 0 Å². The average Bonchev–Trinajstić information content (AvgIpc) is 1.25. The summed E-state index contributed by atoms with van der Waals surface area (Å²) in [5, 5.41) is 0. The molecule has 0 aromatic heterocycles. The maximum Gasteiger partial charge on any atom is 0.0544 e.